The van der Waals surface area contributed by atoms with Gasteiger partial charge in [0.05, 0.1) is 11.3 Å². The summed E-state index contributed by atoms with van der Waals surface area (Å²) >= 11 is 5.86. The molecule has 3 N–H and O–H groups in total. The van der Waals surface area contributed by atoms with Crippen LogP contribution in [0.25, 0.3) is 0 Å². The maximum absolute atomic E-state index is 12.1. The third-order valence-electron chi connectivity index (χ3n) is 3.89. The van der Waals surface area contributed by atoms with Crippen LogP contribution in [0, 0.1) is 5.92 Å². The molecule has 0 spiro atoms. The molecule has 1 aromatic rings. The molecule has 2 unspecified atom stereocenters. The molecule has 21 heavy (non-hydrogen) atoms. The highest BCUT2D eigenvalue weighted by Crippen LogP contribution is 2.24. The van der Waals surface area contributed by atoms with Gasteiger partial charge in [-0.25, -0.2) is 9.59 Å². The van der Waals surface area contributed by atoms with Crippen molar-refractivity contribution >= 4 is 29.3 Å². The van der Waals surface area contributed by atoms with Crippen molar-refractivity contribution < 1.29 is 14.7 Å². The van der Waals surface area contributed by atoms with Gasteiger partial charge in [0.25, 0.3) is 0 Å². The number of carboxylic acid groups (broad SMARTS) is 1. The summed E-state index contributed by atoms with van der Waals surface area (Å²) < 4.78 is 0. The lowest BCUT2D eigenvalue weighted by atomic mass is 9.86. The van der Waals surface area contributed by atoms with Crippen molar-refractivity contribution in [1.29, 1.82) is 0 Å². The smallest absolute Gasteiger partial charge is 0.337 e. The van der Waals surface area contributed by atoms with Gasteiger partial charge in [-0.1, -0.05) is 31.4 Å². The first kappa shape index (κ1) is 15.6. The average Bonchev–Trinajstić information content (AvgIpc) is 2.41. The number of rotatable bonds is 3. The molecule has 2 rings (SSSR count). The lowest BCUT2D eigenvalue weighted by Gasteiger charge is -2.29. The molecule has 0 saturated heterocycles. The van der Waals surface area contributed by atoms with E-state index in [0.29, 0.717) is 10.9 Å². The SMILES string of the molecule is CC1CCCCC1NC(=O)Nc1cc(Cl)ccc1C(=O)O. The molecule has 114 valence electrons. The Bertz CT molecular complexity index is 548. The summed E-state index contributed by atoms with van der Waals surface area (Å²) in [6.45, 7) is 2.12. The predicted molar refractivity (Wildman–Crippen MR) is 82.0 cm³/mol. The zero-order chi connectivity index (χ0) is 15.4. The van der Waals surface area contributed by atoms with E-state index in [4.69, 9.17) is 16.7 Å². The van der Waals surface area contributed by atoms with Crippen molar-refractivity contribution in [3.63, 3.8) is 0 Å². The van der Waals surface area contributed by atoms with E-state index in [0.717, 1.165) is 19.3 Å². The normalized spacial score (nSPS) is 21.6. The van der Waals surface area contributed by atoms with Crippen LogP contribution in [0.15, 0.2) is 18.2 Å². The van der Waals surface area contributed by atoms with Gasteiger partial charge in [0, 0.05) is 11.1 Å². The number of amides is 2. The number of urea groups is 1. The van der Waals surface area contributed by atoms with Crippen LogP contribution in [0.4, 0.5) is 10.5 Å². The second-order valence-corrected chi connectivity index (χ2v) is 5.90. The molecule has 0 bridgehead atoms. The van der Waals surface area contributed by atoms with E-state index in [2.05, 4.69) is 17.6 Å². The number of anilines is 1. The molecule has 5 nitrogen and oxygen atoms in total. The van der Waals surface area contributed by atoms with Crippen molar-refractivity contribution in [1.82, 2.24) is 5.32 Å². The first-order chi connectivity index (χ1) is 9.97. The van der Waals surface area contributed by atoms with E-state index in [9.17, 15) is 9.59 Å². The molecule has 0 heterocycles. The molecule has 1 fully saturated rings. The molecule has 0 aliphatic heterocycles. The Morgan fingerprint density at radius 3 is 2.67 bits per heavy atom. The van der Waals surface area contributed by atoms with Crippen LogP contribution in [-0.2, 0) is 0 Å². The summed E-state index contributed by atoms with van der Waals surface area (Å²) in [7, 11) is 0. The second kappa shape index (κ2) is 6.80. The molecule has 1 saturated carbocycles. The molecule has 1 aliphatic rings. The Balaban J connectivity index is 2.05. The Labute approximate surface area is 128 Å². The Morgan fingerprint density at radius 1 is 1.29 bits per heavy atom. The van der Waals surface area contributed by atoms with Crippen LogP contribution < -0.4 is 10.6 Å². The van der Waals surface area contributed by atoms with Crippen LogP contribution in [-0.4, -0.2) is 23.1 Å². The quantitative estimate of drug-likeness (QED) is 0.795. The largest absolute Gasteiger partial charge is 0.478 e. The summed E-state index contributed by atoms with van der Waals surface area (Å²) in [5, 5.41) is 15.0. The molecule has 2 amide bonds. The number of halogens is 1. The van der Waals surface area contributed by atoms with E-state index in [1.807, 2.05) is 0 Å². The maximum atomic E-state index is 12.1. The molecule has 1 aromatic carbocycles. The van der Waals surface area contributed by atoms with Gasteiger partial charge in [-0.15, -0.1) is 0 Å². The van der Waals surface area contributed by atoms with Gasteiger partial charge in [-0.3, -0.25) is 0 Å². The van der Waals surface area contributed by atoms with Crippen LogP contribution in [0.2, 0.25) is 5.02 Å². The van der Waals surface area contributed by atoms with Crippen molar-refractivity contribution in [2.24, 2.45) is 5.92 Å². The van der Waals surface area contributed by atoms with Crippen LogP contribution in [0.3, 0.4) is 0 Å². The highest BCUT2D eigenvalue weighted by Gasteiger charge is 2.23. The molecule has 6 heteroatoms. The van der Waals surface area contributed by atoms with Gasteiger partial charge in [0.1, 0.15) is 0 Å². The van der Waals surface area contributed by atoms with Crippen molar-refractivity contribution in [3.8, 4) is 0 Å². The number of benzene rings is 1. The Morgan fingerprint density at radius 2 is 2.00 bits per heavy atom. The molecule has 0 aromatic heterocycles. The van der Waals surface area contributed by atoms with Crippen molar-refractivity contribution in [2.75, 3.05) is 5.32 Å². The maximum Gasteiger partial charge on any atom is 0.337 e. The van der Waals surface area contributed by atoms with Gasteiger partial charge in [0.15, 0.2) is 0 Å². The van der Waals surface area contributed by atoms with Crippen LogP contribution in [0.1, 0.15) is 43.0 Å². The predicted octanol–water partition coefficient (Wildman–Crippen LogP) is 3.74. The Hall–Kier alpha value is -1.75. The summed E-state index contributed by atoms with van der Waals surface area (Å²) in [4.78, 5) is 23.2. The minimum absolute atomic E-state index is 0.0197. The number of carbonyl (C=O) groups is 2. The van der Waals surface area contributed by atoms with Gasteiger partial charge in [-0.2, -0.15) is 0 Å². The fourth-order valence-electron chi connectivity index (χ4n) is 2.66. The standard InChI is InChI=1S/C15H19ClN2O3/c1-9-4-2-3-5-12(9)17-15(21)18-13-8-10(16)6-7-11(13)14(19)20/h6-9,12H,2-5H2,1H3,(H,19,20)(H2,17,18,21). The second-order valence-electron chi connectivity index (χ2n) is 5.46. The summed E-state index contributed by atoms with van der Waals surface area (Å²) in [6, 6.07) is 4.04. The number of carboxylic acids is 1. The Kier molecular flexibility index (Phi) is 5.07. The number of aromatic carboxylic acids is 1. The van der Waals surface area contributed by atoms with E-state index in [1.165, 1.54) is 24.6 Å². The summed E-state index contributed by atoms with van der Waals surface area (Å²) in [5.41, 5.74) is 0.224. The van der Waals surface area contributed by atoms with Gasteiger partial charge >= 0.3 is 12.0 Å². The van der Waals surface area contributed by atoms with E-state index < -0.39 is 12.0 Å². The number of hydrogen-bond acceptors (Lipinski definition) is 2. The van der Waals surface area contributed by atoms with Gasteiger partial charge in [0.2, 0.25) is 0 Å². The molecule has 1 aliphatic carbocycles. The first-order valence-electron chi connectivity index (χ1n) is 7.07. The van der Waals surface area contributed by atoms with E-state index in [-0.39, 0.29) is 17.3 Å². The summed E-state index contributed by atoms with van der Waals surface area (Å²) in [6.07, 6.45) is 4.35. The zero-order valence-corrected chi connectivity index (χ0v) is 12.6. The third kappa shape index (κ3) is 4.11. The fourth-order valence-corrected chi connectivity index (χ4v) is 2.84. The third-order valence-corrected chi connectivity index (χ3v) is 4.12. The lowest BCUT2D eigenvalue weighted by Crippen LogP contribution is -2.43. The summed E-state index contributed by atoms with van der Waals surface area (Å²) in [5.74, 6) is -0.671. The van der Waals surface area contributed by atoms with Crippen molar-refractivity contribution in [3.05, 3.63) is 28.8 Å². The molecule has 0 radical (unpaired) electrons. The van der Waals surface area contributed by atoms with Crippen LogP contribution >= 0.6 is 11.6 Å². The minimum Gasteiger partial charge on any atom is -0.478 e. The number of hydrogen-bond donors (Lipinski definition) is 3. The van der Waals surface area contributed by atoms with Crippen LogP contribution in [0.5, 0.6) is 0 Å². The minimum atomic E-state index is -1.10. The van der Waals surface area contributed by atoms with E-state index >= 15 is 0 Å². The van der Waals surface area contributed by atoms with Crippen molar-refractivity contribution in [2.45, 2.75) is 38.6 Å². The average molecular weight is 311 g/mol. The monoisotopic (exact) mass is 310 g/mol. The topological polar surface area (TPSA) is 78.4 Å². The molecular formula is C15H19ClN2O3. The molecular weight excluding hydrogens is 292 g/mol. The van der Waals surface area contributed by atoms with Gasteiger partial charge < -0.3 is 15.7 Å². The van der Waals surface area contributed by atoms with E-state index in [1.54, 1.807) is 0 Å². The molecule has 2 atom stereocenters. The lowest BCUT2D eigenvalue weighted by molar-refractivity contribution is 0.0698. The fraction of sp³-hybridized carbons (Fsp3) is 0.467. The highest BCUT2D eigenvalue weighted by atomic mass is 35.5. The highest BCUT2D eigenvalue weighted by molar-refractivity contribution is 6.31. The number of carbonyl (C=O) groups excluding carboxylic acids is 1. The first-order valence-corrected chi connectivity index (χ1v) is 7.45. The van der Waals surface area contributed by atoms with Gasteiger partial charge in [-0.05, 0) is 37.0 Å². The zero-order valence-electron chi connectivity index (χ0n) is 11.9. The number of nitrogens with one attached hydrogen (secondary N) is 2.